The Labute approximate surface area is 174 Å². The molecular formula is C18H35IN4O3. The Morgan fingerprint density at radius 3 is 2.42 bits per heavy atom. The zero-order valence-electron chi connectivity index (χ0n) is 16.8. The molecule has 26 heavy (non-hydrogen) atoms. The van der Waals surface area contributed by atoms with Crippen molar-refractivity contribution in [3.05, 3.63) is 17.8 Å². The molecular weight excluding hydrogens is 447 g/mol. The van der Waals surface area contributed by atoms with Gasteiger partial charge in [-0.05, 0) is 6.42 Å². The van der Waals surface area contributed by atoms with Crippen LogP contribution in [0.2, 0.25) is 0 Å². The van der Waals surface area contributed by atoms with E-state index in [-0.39, 0.29) is 29.4 Å². The van der Waals surface area contributed by atoms with Crippen LogP contribution in [0.5, 0.6) is 0 Å². The number of ether oxygens (including phenoxy) is 2. The van der Waals surface area contributed by atoms with E-state index in [1.54, 1.807) is 13.2 Å². The lowest BCUT2D eigenvalue weighted by atomic mass is 9.94. The van der Waals surface area contributed by atoms with Gasteiger partial charge in [0.1, 0.15) is 5.76 Å². The first-order valence-electron chi connectivity index (χ1n) is 9.02. The summed E-state index contributed by atoms with van der Waals surface area (Å²) in [6.07, 6.45) is 4.04. The third-order valence-electron chi connectivity index (χ3n) is 3.48. The molecule has 1 rings (SSSR count). The van der Waals surface area contributed by atoms with Crippen LogP contribution in [-0.4, -0.2) is 51.0 Å². The number of guanidine groups is 1. The van der Waals surface area contributed by atoms with Crippen molar-refractivity contribution in [3.63, 3.8) is 0 Å². The minimum absolute atomic E-state index is 0. The maximum Gasteiger partial charge on any atom is 0.213 e. The van der Waals surface area contributed by atoms with Gasteiger partial charge in [0, 0.05) is 25.6 Å². The Morgan fingerprint density at radius 1 is 1.15 bits per heavy atom. The summed E-state index contributed by atoms with van der Waals surface area (Å²) in [5.41, 5.74) is -0.0389. The van der Waals surface area contributed by atoms with Gasteiger partial charge in [0.2, 0.25) is 5.89 Å². The van der Waals surface area contributed by atoms with E-state index < -0.39 is 0 Å². The first kappa shape index (κ1) is 25.1. The molecule has 0 spiro atoms. The first-order chi connectivity index (χ1) is 12.0. The van der Waals surface area contributed by atoms with Crippen molar-refractivity contribution in [2.45, 2.75) is 52.5 Å². The van der Waals surface area contributed by atoms with Crippen molar-refractivity contribution >= 4 is 29.9 Å². The van der Waals surface area contributed by atoms with Crippen LogP contribution in [0.15, 0.2) is 15.6 Å². The highest BCUT2D eigenvalue weighted by molar-refractivity contribution is 14.0. The van der Waals surface area contributed by atoms with Gasteiger partial charge in [0.15, 0.2) is 5.96 Å². The summed E-state index contributed by atoms with van der Waals surface area (Å²) in [6, 6.07) is 0. The Kier molecular flexibility index (Phi) is 13.7. The predicted octanol–water partition coefficient (Wildman–Crippen LogP) is 3.09. The van der Waals surface area contributed by atoms with Gasteiger partial charge < -0.3 is 24.5 Å². The average molecular weight is 482 g/mol. The highest BCUT2D eigenvalue weighted by Crippen LogP contribution is 2.22. The minimum atomic E-state index is -0.0389. The summed E-state index contributed by atoms with van der Waals surface area (Å²) in [4.78, 5) is 8.46. The van der Waals surface area contributed by atoms with Crippen molar-refractivity contribution in [2.24, 2.45) is 4.99 Å². The number of hydrogen-bond donors (Lipinski definition) is 2. The van der Waals surface area contributed by atoms with E-state index in [1.807, 2.05) is 0 Å². The highest BCUT2D eigenvalue weighted by Gasteiger charge is 2.19. The third-order valence-corrected chi connectivity index (χ3v) is 3.48. The van der Waals surface area contributed by atoms with Gasteiger partial charge in [-0.25, -0.2) is 4.98 Å². The van der Waals surface area contributed by atoms with E-state index in [4.69, 9.17) is 13.9 Å². The normalized spacial score (nSPS) is 12.0. The van der Waals surface area contributed by atoms with Gasteiger partial charge in [-0.3, -0.25) is 4.99 Å². The van der Waals surface area contributed by atoms with Crippen molar-refractivity contribution in [3.8, 4) is 0 Å². The second-order valence-corrected chi connectivity index (χ2v) is 6.80. The van der Waals surface area contributed by atoms with E-state index >= 15 is 0 Å². The standard InChI is InChI=1S/C18H34N4O3.HI/c1-6-7-9-23-11-12-24-10-8-20-17(19-5)22-14-16-21-13-15(25-16)18(2,3)4;/h13H,6-12,14H2,1-5H3,(H2,19,20,22);1H. The second-order valence-electron chi connectivity index (χ2n) is 6.80. The molecule has 0 bridgehead atoms. The summed E-state index contributed by atoms with van der Waals surface area (Å²) in [7, 11) is 1.73. The van der Waals surface area contributed by atoms with Gasteiger partial charge in [0.25, 0.3) is 0 Å². The molecule has 1 aromatic heterocycles. The lowest BCUT2D eigenvalue weighted by Gasteiger charge is -2.13. The predicted molar refractivity (Wildman–Crippen MR) is 115 cm³/mol. The van der Waals surface area contributed by atoms with Gasteiger partial charge >= 0.3 is 0 Å². The number of oxazole rings is 1. The molecule has 152 valence electrons. The summed E-state index contributed by atoms with van der Waals surface area (Å²) < 4.78 is 16.7. The van der Waals surface area contributed by atoms with Crippen LogP contribution in [-0.2, 0) is 21.4 Å². The molecule has 0 amide bonds. The van der Waals surface area contributed by atoms with Crippen LogP contribution in [0.3, 0.4) is 0 Å². The van der Waals surface area contributed by atoms with Crippen LogP contribution in [0, 0.1) is 0 Å². The van der Waals surface area contributed by atoms with Crippen LogP contribution >= 0.6 is 24.0 Å². The molecule has 0 saturated carbocycles. The Hall–Kier alpha value is -0.870. The molecule has 1 aromatic rings. The van der Waals surface area contributed by atoms with E-state index in [1.165, 1.54) is 0 Å². The fraction of sp³-hybridized carbons (Fsp3) is 0.778. The molecule has 0 radical (unpaired) electrons. The number of nitrogens with one attached hydrogen (secondary N) is 2. The van der Waals surface area contributed by atoms with E-state index in [9.17, 15) is 0 Å². The minimum Gasteiger partial charge on any atom is -0.443 e. The first-order valence-corrected chi connectivity index (χ1v) is 9.02. The number of rotatable bonds is 11. The molecule has 0 aliphatic rings. The van der Waals surface area contributed by atoms with Gasteiger partial charge in [-0.1, -0.05) is 34.1 Å². The quantitative estimate of drug-likeness (QED) is 0.219. The Morgan fingerprint density at radius 2 is 1.85 bits per heavy atom. The van der Waals surface area contributed by atoms with Crippen molar-refractivity contribution in [1.82, 2.24) is 15.6 Å². The molecule has 0 aliphatic heterocycles. The number of unbranched alkanes of at least 4 members (excludes halogenated alkanes) is 1. The summed E-state index contributed by atoms with van der Waals surface area (Å²) in [6.45, 7) is 12.3. The number of nitrogens with zero attached hydrogens (tertiary/aromatic N) is 2. The maximum atomic E-state index is 5.75. The fourth-order valence-corrected chi connectivity index (χ4v) is 1.93. The number of aromatic nitrogens is 1. The zero-order chi connectivity index (χ0) is 18.5. The molecule has 0 fully saturated rings. The number of hydrogen-bond acceptors (Lipinski definition) is 5. The molecule has 0 aromatic carbocycles. The molecule has 7 nitrogen and oxygen atoms in total. The topological polar surface area (TPSA) is 80.9 Å². The molecule has 0 unspecified atom stereocenters. The fourth-order valence-electron chi connectivity index (χ4n) is 1.93. The summed E-state index contributed by atoms with van der Waals surface area (Å²) >= 11 is 0. The Balaban J connectivity index is 0.00000625. The second kappa shape index (κ2) is 14.2. The molecule has 0 saturated heterocycles. The van der Waals surface area contributed by atoms with Crippen molar-refractivity contribution < 1.29 is 13.9 Å². The monoisotopic (exact) mass is 482 g/mol. The highest BCUT2D eigenvalue weighted by atomic mass is 127. The van der Waals surface area contributed by atoms with Crippen LogP contribution in [0.1, 0.15) is 52.2 Å². The summed E-state index contributed by atoms with van der Waals surface area (Å²) in [5.74, 6) is 2.22. The van der Waals surface area contributed by atoms with Crippen molar-refractivity contribution in [2.75, 3.05) is 40.0 Å². The molecule has 0 atom stereocenters. The maximum absolute atomic E-state index is 5.75. The van der Waals surface area contributed by atoms with E-state index in [0.717, 1.165) is 25.2 Å². The van der Waals surface area contributed by atoms with Crippen molar-refractivity contribution in [1.29, 1.82) is 0 Å². The van der Waals surface area contributed by atoms with Gasteiger partial charge in [0.05, 0.1) is 32.6 Å². The van der Waals surface area contributed by atoms with Gasteiger partial charge in [-0.15, -0.1) is 24.0 Å². The number of aliphatic imine (C=N–C) groups is 1. The third kappa shape index (κ3) is 11.0. The smallest absolute Gasteiger partial charge is 0.213 e. The SMILES string of the molecule is CCCCOCCOCCNC(=NC)NCc1ncc(C(C)(C)C)o1.I. The zero-order valence-corrected chi connectivity index (χ0v) is 19.1. The number of halogens is 1. The largest absolute Gasteiger partial charge is 0.443 e. The molecule has 0 aliphatic carbocycles. The lowest BCUT2D eigenvalue weighted by molar-refractivity contribution is 0.0487. The van der Waals surface area contributed by atoms with E-state index in [2.05, 4.69) is 48.3 Å². The van der Waals surface area contributed by atoms with Crippen LogP contribution < -0.4 is 10.6 Å². The Bertz CT molecular complexity index is 501. The lowest BCUT2D eigenvalue weighted by Crippen LogP contribution is -2.38. The van der Waals surface area contributed by atoms with Crippen LogP contribution in [0.4, 0.5) is 0 Å². The van der Waals surface area contributed by atoms with Gasteiger partial charge in [-0.2, -0.15) is 0 Å². The molecule has 2 N–H and O–H groups in total. The average Bonchev–Trinajstić information content (AvgIpc) is 3.05. The molecule has 1 heterocycles. The van der Waals surface area contributed by atoms with E-state index in [0.29, 0.717) is 44.8 Å². The van der Waals surface area contributed by atoms with Crippen LogP contribution in [0.25, 0.3) is 0 Å². The summed E-state index contributed by atoms with van der Waals surface area (Å²) in [5, 5.41) is 6.37. The molecule has 8 heteroatoms.